The van der Waals surface area contributed by atoms with E-state index in [0.717, 1.165) is 6.42 Å². The van der Waals surface area contributed by atoms with Crippen LogP contribution in [-0.4, -0.2) is 38.1 Å². The zero-order chi connectivity index (χ0) is 14.8. The molecule has 0 saturated heterocycles. The lowest BCUT2D eigenvalue weighted by Gasteiger charge is -2.13. The number of amides is 2. The first-order valence-corrected chi connectivity index (χ1v) is 6.75. The normalized spacial score (nSPS) is 11.7. The summed E-state index contributed by atoms with van der Waals surface area (Å²) in [6.07, 6.45) is 1.05. The fourth-order valence-electron chi connectivity index (χ4n) is 1.74. The fourth-order valence-corrected chi connectivity index (χ4v) is 1.74. The second kappa shape index (κ2) is 9.09. The molecule has 20 heavy (non-hydrogen) atoms. The molecule has 0 spiro atoms. The van der Waals surface area contributed by atoms with Crippen molar-refractivity contribution in [1.29, 1.82) is 0 Å². The van der Waals surface area contributed by atoms with Gasteiger partial charge in [0.15, 0.2) is 0 Å². The van der Waals surface area contributed by atoms with Crippen LogP contribution in [0.4, 0.5) is 0 Å². The van der Waals surface area contributed by atoms with Gasteiger partial charge in [-0.1, -0.05) is 18.2 Å². The van der Waals surface area contributed by atoms with Crippen LogP contribution >= 0.6 is 0 Å². The lowest BCUT2D eigenvalue weighted by Crippen LogP contribution is -2.37. The molecular weight excluding hydrogens is 256 g/mol. The van der Waals surface area contributed by atoms with E-state index in [-0.39, 0.29) is 24.3 Å². The largest absolute Gasteiger partial charge is 0.385 e. The Bertz CT molecular complexity index is 420. The average molecular weight is 278 g/mol. The van der Waals surface area contributed by atoms with Crippen LogP contribution in [0.1, 0.15) is 30.1 Å². The van der Waals surface area contributed by atoms with E-state index < -0.39 is 0 Å². The molecule has 0 aliphatic heterocycles. The van der Waals surface area contributed by atoms with Gasteiger partial charge in [-0.2, -0.15) is 0 Å². The Hall–Kier alpha value is -1.88. The molecule has 0 aromatic heterocycles. The maximum atomic E-state index is 11.9. The van der Waals surface area contributed by atoms with Crippen LogP contribution in [0.2, 0.25) is 0 Å². The summed E-state index contributed by atoms with van der Waals surface area (Å²) in [5.41, 5.74) is 0.597. The number of ether oxygens (including phenoxy) is 1. The average Bonchev–Trinajstić information content (AvgIpc) is 2.44. The molecule has 5 heteroatoms. The summed E-state index contributed by atoms with van der Waals surface area (Å²) in [5, 5.41) is 5.60. The van der Waals surface area contributed by atoms with E-state index in [1.54, 1.807) is 19.2 Å². The molecule has 0 bridgehead atoms. The van der Waals surface area contributed by atoms with Crippen LogP contribution in [0.15, 0.2) is 30.3 Å². The minimum atomic E-state index is -0.204. The molecule has 1 unspecified atom stereocenters. The Morgan fingerprint density at radius 3 is 2.60 bits per heavy atom. The third-order valence-electron chi connectivity index (χ3n) is 2.75. The SMILES string of the molecule is COCCCNC(=O)CC(C)NC(=O)c1ccccc1. The molecule has 1 aromatic rings. The number of rotatable bonds is 8. The van der Waals surface area contributed by atoms with Crippen LogP contribution in [0.5, 0.6) is 0 Å². The Labute approximate surface area is 119 Å². The summed E-state index contributed by atoms with van der Waals surface area (Å²) in [6.45, 7) is 3.03. The summed E-state index contributed by atoms with van der Waals surface area (Å²) in [6, 6.07) is 8.75. The number of hydrogen-bond acceptors (Lipinski definition) is 3. The minimum Gasteiger partial charge on any atom is -0.385 e. The summed E-state index contributed by atoms with van der Waals surface area (Å²) >= 11 is 0. The summed E-state index contributed by atoms with van der Waals surface area (Å²) < 4.78 is 4.90. The smallest absolute Gasteiger partial charge is 0.251 e. The van der Waals surface area contributed by atoms with Crippen molar-refractivity contribution >= 4 is 11.8 Å². The van der Waals surface area contributed by atoms with Gasteiger partial charge in [0, 0.05) is 38.3 Å². The Kier molecular flexibility index (Phi) is 7.35. The number of carbonyl (C=O) groups excluding carboxylic acids is 2. The molecule has 1 rings (SSSR count). The Balaban J connectivity index is 2.27. The summed E-state index contributed by atoms with van der Waals surface area (Å²) in [4.78, 5) is 23.5. The topological polar surface area (TPSA) is 67.4 Å². The zero-order valence-electron chi connectivity index (χ0n) is 12.0. The molecular formula is C15H22N2O3. The van der Waals surface area contributed by atoms with Crippen molar-refractivity contribution in [2.45, 2.75) is 25.8 Å². The van der Waals surface area contributed by atoms with Crippen LogP contribution in [0.3, 0.4) is 0 Å². The summed E-state index contributed by atoms with van der Waals surface area (Å²) in [5.74, 6) is -0.229. The first-order chi connectivity index (χ1) is 9.63. The van der Waals surface area contributed by atoms with E-state index in [4.69, 9.17) is 4.74 Å². The van der Waals surface area contributed by atoms with E-state index in [0.29, 0.717) is 18.7 Å². The number of nitrogens with one attached hydrogen (secondary N) is 2. The quantitative estimate of drug-likeness (QED) is 0.705. The second-order valence-electron chi connectivity index (χ2n) is 4.64. The van der Waals surface area contributed by atoms with Gasteiger partial charge < -0.3 is 15.4 Å². The molecule has 5 nitrogen and oxygen atoms in total. The highest BCUT2D eigenvalue weighted by Gasteiger charge is 2.12. The monoisotopic (exact) mass is 278 g/mol. The third-order valence-corrected chi connectivity index (χ3v) is 2.75. The van der Waals surface area contributed by atoms with Crippen molar-refractivity contribution in [3.8, 4) is 0 Å². The Morgan fingerprint density at radius 1 is 1.25 bits per heavy atom. The maximum absolute atomic E-state index is 11.9. The molecule has 0 heterocycles. The lowest BCUT2D eigenvalue weighted by atomic mass is 10.1. The van der Waals surface area contributed by atoms with Gasteiger partial charge in [-0.05, 0) is 25.5 Å². The molecule has 2 N–H and O–H groups in total. The molecule has 0 aliphatic carbocycles. The number of methoxy groups -OCH3 is 1. The van der Waals surface area contributed by atoms with Crippen LogP contribution in [0, 0.1) is 0 Å². The number of hydrogen-bond donors (Lipinski definition) is 2. The second-order valence-corrected chi connectivity index (χ2v) is 4.64. The summed E-state index contributed by atoms with van der Waals surface area (Å²) in [7, 11) is 1.63. The molecule has 1 atom stereocenters. The fraction of sp³-hybridized carbons (Fsp3) is 0.467. The van der Waals surface area contributed by atoms with E-state index in [1.807, 2.05) is 25.1 Å². The highest BCUT2D eigenvalue weighted by molar-refractivity contribution is 5.94. The predicted octanol–water partition coefficient (Wildman–Crippen LogP) is 1.35. The van der Waals surface area contributed by atoms with Crippen LogP contribution in [0.25, 0.3) is 0 Å². The van der Waals surface area contributed by atoms with E-state index >= 15 is 0 Å². The van der Waals surface area contributed by atoms with Gasteiger partial charge in [0.1, 0.15) is 0 Å². The molecule has 0 saturated carbocycles. The Morgan fingerprint density at radius 2 is 1.95 bits per heavy atom. The first kappa shape index (κ1) is 16.2. The minimum absolute atomic E-state index is 0.0676. The number of benzene rings is 1. The number of carbonyl (C=O) groups is 2. The van der Waals surface area contributed by atoms with Crippen molar-refractivity contribution in [2.75, 3.05) is 20.3 Å². The van der Waals surface area contributed by atoms with Gasteiger partial charge in [-0.15, -0.1) is 0 Å². The van der Waals surface area contributed by atoms with Crippen molar-refractivity contribution in [1.82, 2.24) is 10.6 Å². The van der Waals surface area contributed by atoms with E-state index in [2.05, 4.69) is 10.6 Å². The predicted molar refractivity (Wildman–Crippen MR) is 77.5 cm³/mol. The first-order valence-electron chi connectivity index (χ1n) is 6.75. The van der Waals surface area contributed by atoms with Gasteiger partial charge in [-0.25, -0.2) is 0 Å². The molecule has 0 radical (unpaired) electrons. The maximum Gasteiger partial charge on any atom is 0.251 e. The van der Waals surface area contributed by atoms with Crippen molar-refractivity contribution in [3.63, 3.8) is 0 Å². The molecule has 2 amide bonds. The molecule has 1 aromatic carbocycles. The molecule has 0 fully saturated rings. The van der Waals surface area contributed by atoms with Gasteiger partial charge >= 0.3 is 0 Å². The molecule has 0 aliphatic rings. The zero-order valence-corrected chi connectivity index (χ0v) is 12.0. The molecule has 110 valence electrons. The van der Waals surface area contributed by atoms with Crippen molar-refractivity contribution < 1.29 is 14.3 Å². The van der Waals surface area contributed by atoms with E-state index in [9.17, 15) is 9.59 Å². The van der Waals surface area contributed by atoms with Gasteiger partial charge in [0.05, 0.1) is 0 Å². The van der Waals surface area contributed by atoms with Gasteiger partial charge in [0.2, 0.25) is 5.91 Å². The lowest BCUT2D eigenvalue weighted by molar-refractivity contribution is -0.121. The van der Waals surface area contributed by atoms with E-state index in [1.165, 1.54) is 0 Å². The van der Waals surface area contributed by atoms with Crippen LogP contribution < -0.4 is 10.6 Å². The highest BCUT2D eigenvalue weighted by atomic mass is 16.5. The van der Waals surface area contributed by atoms with Crippen molar-refractivity contribution in [3.05, 3.63) is 35.9 Å². The van der Waals surface area contributed by atoms with Gasteiger partial charge in [-0.3, -0.25) is 9.59 Å². The van der Waals surface area contributed by atoms with Gasteiger partial charge in [0.25, 0.3) is 5.91 Å². The van der Waals surface area contributed by atoms with Crippen molar-refractivity contribution in [2.24, 2.45) is 0 Å². The highest BCUT2D eigenvalue weighted by Crippen LogP contribution is 2.00. The standard InChI is InChI=1S/C15H22N2O3/c1-12(11-14(18)16-9-6-10-20-2)17-15(19)13-7-4-3-5-8-13/h3-5,7-8,12H,6,9-11H2,1-2H3,(H,16,18)(H,17,19). The third kappa shape index (κ3) is 6.33. The van der Waals surface area contributed by atoms with Crippen LogP contribution in [-0.2, 0) is 9.53 Å².